The quantitative estimate of drug-likeness (QED) is 0.248. The van der Waals surface area contributed by atoms with Crippen LogP contribution >= 0.6 is 0 Å². The maximum absolute atomic E-state index is 11.1. The number of nitrogens with zero attached hydrogens (tertiary/aromatic N) is 1. The van der Waals surface area contributed by atoms with Crippen molar-refractivity contribution in [3.8, 4) is 0 Å². The van der Waals surface area contributed by atoms with E-state index in [4.69, 9.17) is 0 Å². The third kappa shape index (κ3) is 8.88. The van der Waals surface area contributed by atoms with Gasteiger partial charge in [0.1, 0.15) is 12.7 Å². The van der Waals surface area contributed by atoms with Gasteiger partial charge in [0.05, 0.1) is 19.3 Å². The van der Waals surface area contributed by atoms with Gasteiger partial charge in [0.2, 0.25) is 5.91 Å². The van der Waals surface area contributed by atoms with Crippen molar-refractivity contribution in [2.45, 2.75) is 91.1 Å². The summed E-state index contributed by atoms with van der Waals surface area (Å²) in [7, 11) is 0. The summed E-state index contributed by atoms with van der Waals surface area (Å²) in [5, 5.41) is 6.48. The maximum Gasteiger partial charge on any atom is 0.217 e. The van der Waals surface area contributed by atoms with Crippen molar-refractivity contribution in [1.82, 2.24) is 10.6 Å². The number of hydrogen-bond acceptors (Lipinski definition) is 2. The summed E-state index contributed by atoms with van der Waals surface area (Å²) in [5.41, 5.74) is 0. The van der Waals surface area contributed by atoms with Gasteiger partial charge in [-0.1, -0.05) is 51.2 Å². The number of unbranched alkanes of at least 4 members (excludes halogenated alkanes) is 7. The molecule has 1 aliphatic heterocycles. The number of amides is 1. The van der Waals surface area contributed by atoms with Crippen LogP contribution < -0.4 is 10.6 Å². The maximum atomic E-state index is 11.1. The summed E-state index contributed by atoms with van der Waals surface area (Å²) in [5.74, 6) is 0.0622. The molecule has 150 valence electrons. The molecule has 2 unspecified atom stereocenters. The molecule has 0 aromatic carbocycles. The third-order valence-corrected chi connectivity index (χ3v) is 5.51. The summed E-state index contributed by atoms with van der Waals surface area (Å²) in [4.78, 5) is 11.1. The van der Waals surface area contributed by atoms with E-state index < -0.39 is 0 Å². The van der Waals surface area contributed by atoms with E-state index in [1.165, 1.54) is 64.2 Å². The number of rotatable bonds is 15. The minimum absolute atomic E-state index is 0.0622. The molecule has 0 aromatic heterocycles. The summed E-state index contributed by atoms with van der Waals surface area (Å²) >= 11 is 0. The molecule has 0 spiro atoms. The molecule has 4 nitrogen and oxygen atoms in total. The molecule has 0 bridgehead atoms. The molecule has 26 heavy (non-hydrogen) atoms. The normalized spacial score (nSPS) is 22.0. The van der Waals surface area contributed by atoms with Crippen molar-refractivity contribution >= 4 is 5.91 Å². The zero-order valence-corrected chi connectivity index (χ0v) is 17.4. The Kier molecular flexibility index (Phi) is 12.1. The lowest BCUT2D eigenvalue weighted by Crippen LogP contribution is -2.55. The SMILES string of the molecule is CCCC/C=C/CCCCCCCC1NC=C[N+]1(CC)CCNC(C)=O. The average molecular weight is 365 g/mol. The summed E-state index contributed by atoms with van der Waals surface area (Å²) in [6.07, 6.45) is 22.5. The Bertz CT molecular complexity index is 433. The van der Waals surface area contributed by atoms with Crippen LogP contribution in [-0.4, -0.2) is 36.2 Å². The summed E-state index contributed by atoms with van der Waals surface area (Å²) in [6, 6.07) is 0. The molecular weight excluding hydrogens is 322 g/mol. The lowest BCUT2D eigenvalue weighted by atomic mass is 10.1. The highest BCUT2D eigenvalue weighted by molar-refractivity contribution is 5.72. The topological polar surface area (TPSA) is 41.1 Å². The van der Waals surface area contributed by atoms with Crippen LogP contribution in [0.3, 0.4) is 0 Å². The Hall–Kier alpha value is -1.29. The first kappa shape index (κ1) is 22.8. The molecule has 2 atom stereocenters. The second kappa shape index (κ2) is 13.9. The van der Waals surface area contributed by atoms with E-state index in [0.717, 1.165) is 24.1 Å². The first-order valence-corrected chi connectivity index (χ1v) is 10.8. The molecule has 4 heteroatoms. The molecule has 1 rings (SSSR count). The molecule has 0 fully saturated rings. The van der Waals surface area contributed by atoms with Gasteiger partial charge in [0.15, 0.2) is 6.17 Å². The highest BCUT2D eigenvalue weighted by atomic mass is 16.1. The van der Waals surface area contributed by atoms with Gasteiger partial charge in [-0.15, -0.1) is 0 Å². The van der Waals surface area contributed by atoms with Crippen LogP contribution in [0.4, 0.5) is 0 Å². The van der Waals surface area contributed by atoms with Crippen molar-refractivity contribution in [2.75, 3.05) is 19.6 Å². The third-order valence-electron chi connectivity index (χ3n) is 5.51. The number of carbonyl (C=O) groups excluding carboxylic acids is 1. The van der Waals surface area contributed by atoms with Gasteiger partial charge >= 0.3 is 0 Å². The zero-order valence-electron chi connectivity index (χ0n) is 17.4. The fraction of sp³-hybridized carbons (Fsp3) is 0.773. The molecule has 0 saturated heterocycles. The Balaban J connectivity index is 2.13. The number of likely N-dealkylation sites (N-methyl/N-ethyl adjacent to an activating group) is 1. The highest BCUT2D eigenvalue weighted by Crippen LogP contribution is 2.22. The van der Waals surface area contributed by atoms with Crippen LogP contribution in [0, 0.1) is 0 Å². The monoisotopic (exact) mass is 364 g/mol. The van der Waals surface area contributed by atoms with Gasteiger partial charge in [-0.3, -0.25) is 9.28 Å². The Morgan fingerprint density at radius 1 is 1.08 bits per heavy atom. The van der Waals surface area contributed by atoms with Crippen LogP contribution in [0.1, 0.15) is 85.0 Å². The minimum atomic E-state index is 0.0622. The standard InChI is InChI=1S/C22H41N3O/c1-4-6-7-8-9-10-11-12-13-14-15-16-22-24-18-20-25(22,5-2)19-17-23-21(3)26/h8-9,18,20,22,24H,4-7,10-17,19H2,1-3H3/p+1/b9-8+. The molecule has 0 aromatic rings. The van der Waals surface area contributed by atoms with Crippen molar-refractivity contribution < 1.29 is 9.28 Å². The van der Waals surface area contributed by atoms with Crippen LogP contribution in [-0.2, 0) is 4.79 Å². The first-order chi connectivity index (χ1) is 12.6. The molecule has 0 aliphatic carbocycles. The van der Waals surface area contributed by atoms with E-state index in [1.807, 2.05) is 0 Å². The fourth-order valence-corrected chi connectivity index (χ4v) is 3.74. The van der Waals surface area contributed by atoms with E-state index in [0.29, 0.717) is 6.17 Å². The van der Waals surface area contributed by atoms with Crippen molar-refractivity contribution in [3.63, 3.8) is 0 Å². The number of hydrogen-bond donors (Lipinski definition) is 2. The van der Waals surface area contributed by atoms with E-state index in [1.54, 1.807) is 6.92 Å². The van der Waals surface area contributed by atoms with Gasteiger partial charge in [0, 0.05) is 13.3 Å². The first-order valence-electron chi connectivity index (χ1n) is 10.8. The van der Waals surface area contributed by atoms with E-state index in [2.05, 4.69) is 49.0 Å². The van der Waals surface area contributed by atoms with Gasteiger partial charge < -0.3 is 10.6 Å². The molecular formula is C22H42N3O+. The van der Waals surface area contributed by atoms with Crippen LogP contribution in [0.5, 0.6) is 0 Å². The second-order valence-corrected chi connectivity index (χ2v) is 7.58. The Morgan fingerprint density at radius 2 is 1.77 bits per heavy atom. The molecule has 1 aliphatic rings. The summed E-state index contributed by atoms with van der Waals surface area (Å²) < 4.78 is 0.947. The van der Waals surface area contributed by atoms with E-state index in [-0.39, 0.29) is 5.91 Å². The predicted octanol–water partition coefficient (Wildman–Crippen LogP) is 4.84. The van der Waals surface area contributed by atoms with E-state index in [9.17, 15) is 4.79 Å². The van der Waals surface area contributed by atoms with Gasteiger partial charge in [-0.2, -0.15) is 0 Å². The van der Waals surface area contributed by atoms with Crippen LogP contribution in [0.15, 0.2) is 24.6 Å². The highest BCUT2D eigenvalue weighted by Gasteiger charge is 2.36. The largest absolute Gasteiger partial charge is 0.351 e. The molecule has 2 N–H and O–H groups in total. The van der Waals surface area contributed by atoms with Gasteiger partial charge in [0.25, 0.3) is 0 Å². The second-order valence-electron chi connectivity index (χ2n) is 7.58. The van der Waals surface area contributed by atoms with Crippen molar-refractivity contribution in [2.24, 2.45) is 0 Å². The average Bonchev–Trinajstić information content (AvgIpc) is 3.02. The zero-order chi connectivity index (χ0) is 19.1. The Labute approximate surface area is 161 Å². The number of nitrogens with one attached hydrogen (secondary N) is 2. The summed E-state index contributed by atoms with van der Waals surface area (Å²) in [6.45, 7) is 8.86. The molecule has 1 amide bonds. The van der Waals surface area contributed by atoms with E-state index >= 15 is 0 Å². The fourth-order valence-electron chi connectivity index (χ4n) is 3.74. The van der Waals surface area contributed by atoms with Crippen molar-refractivity contribution in [1.29, 1.82) is 0 Å². The van der Waals surface area contributed by atoms with Crippen LogP contribution in [0.25, 0.3) is 0 Å². The van der Waals surface area contributed by atoms with Crippen molar-refractivity contribution in [3.05, 3.63) is 24.6 Å². The van der Waals surface area contributed by atoms with Gasteiger partial charge in [-0.25, -0.2) is 0 Å². The molecule has 0 radical (unpaired) electrons. The molecule has 1 heterocycles. The Morgan fingerprint density at radius 3 is 2.46 bits per heavy atom. The minimum Gasteiger partial charge on any atom is -0.351 e. The lowest BCUT2D eigenvalue weighted by molar-refractivity contribution is -0.898. The van der Waals surface area contributed by atoms with Crippen LogP contribution in [0.2, 0.25) is 0 Å². The number of carbonyl (C=O) groups is 1. The number of allylic oxidation sites excluding steroid dienone is 2. The lowest BCUT2D eigenvalue weighted by Gasteiger charge is -2.37. The predicted molar refractivity (Wildman–Crippen MR) is 111 cm³/mol. The molecule has 0 saturated carbocycles. The van der Waals surface area contributed by atoms with Gasteiger partial charge in [-0.05, 0) is 32.6 Å². The number of quaternary nitrogens is 1. The smallest absolute Gasteiger partial charge is 0.217 e.